The number of amides is 2. The zero-order valence-electron chi connectivity index (χ0n) is 15.9. The number of aryl methyl sites for hydroxylation is 2. The highest BCUT2D eigenvalue weighted by atomic mass is 16.5. The molecule has 6 heteroatoms. The lowest BCUT2D eigenvalue weighted by Gasteiger charge is -2.19. The monoisotopic (exact) mass is 383 g/mol. The van der Waals surface area contributed by atoms with E-state index >= 15 is 0 Å². The molecule has 1 saturated carbocycles. The van der Waals surface area contributed by atoms with Crippen LogP contribution in [0.3, 0.4) is 0 Å². The van der Waals surface area contributed by atoms with E-state index in [2.05, 4.69) is 0 Å². The van der Waals surface area contributed by atoms with Crippen molar-refractivity contribution in [3.63, 3.8) is 0 Å². The number of fused-ring (bicyclic) bond motifs is 2. The highest BCUT2D eigenvalue weighted by Gasteiger charge is 2.48. The van der Waals surface area contributed by atoms with Crippen molar-refractivity contribution in [2.75, 3.05) is 13.2 Å². The fourth-order valence-electron chi connectivity index (χ4n) is 4.70. The molecule has 2 atom stereocenters. The molecule has 0 bridgehead atoms. The van der Waals surface area contributed by atoms with Gasteiger partial charge >= 0.3 is 5.97 Å². The van der Waals surface area contributed by atoms with Gasteiger partial charge in [-0.1, -0.05) is 25.0 Å². The third-order valence-electron chi connectivity index (χ3n) is 6.25. The first-order chi connectivity index (χ1) is 13.5. The summed E-state index contributed by atoms with van der Waals surface area (Å²) in [6.07, 6.45) is 7.60. The Hall–Kier alpha value is -2.50. The molecule has 4 rings (SSSR count). The topological polar surface area (TPSA) is 80.8 Å². The standard InChI is InChI=1S/C22H25NO5/c24-19(16-10-9-14-5-1-2-6-15(14)11-16)13-28-20(25)12-23-21(26)17-7-3-4-8-18(17)22(23)27/h9-11,17-18H,1-8,12-13H2. The molecule has 1 aliphatic heterocycles. The molecule has 2 unspecified atom stereocenters. The Balaban J connectivity index is 1.32. The number of rotatable bonds is 5. The maximum Gasteiger partial charge on any atom is 0.326 e. The van der Waals surface area contributed by atoms with Crippen LogP contribution in [0.2, 0.25) is 0 Å². The highest BCUT2D eigenvalue weighted by Crippen LogP contribution is 2.37. The number of hydrogen-bond acceptors (Lipinski definition) is 5. The van der Waals surface area contributed by atoms with E-state index in [0.29, 0.717) is 18.4 Å². The van der Waals surface area contributed by atoms with Gasteiger partial charge in [-0.3, -0.25) is 24.1 Å². The molecule has 1 aromatic carbocycles. The fourth-order valence-corrected chi connectivity index (χ4v) is 4.70. The summed E-state index contributed by atoms with van der Waals surface area (Å²) in [5.41, 5.74) is 3.01. The van der Waals surface area contributed by atoms with E-state index < -0.39 is 12.5 Å². The number of imide groups is 1. The molecule has 1 aromatic rings. The highest BCUT2D eigenvalue weighted by molar-refractivity contribution is 6.07. The quantitative estimate of drug-likeness (QED) is 0.443. The number of likely N-dealkylation sites (tertiary alicyclic amines) is 1. The first-order valence-electron chi connectivity index (χ1n) is 10.2. The van der Waals surface area contributed by atoms with Crippen LogP contribution in [-0.4, -0.2) is 41.6 Å². The normalized spacial score (nSPS) is 23.9. The fraction of sp³-hybridized carbons (Fsp3) is 0.545. The number of nitrogens with zero attached hydrogens (tertiary/aromatic N) is 1. The van der Waals surface area contributed by atoms with Gasteiger partial charge in [-0.25, -0.2) is 0 Å². The van der Waals surface area contributed by atoms with E-state index in [1.807, 2.05) is 12.1 Å². The number of benzene rings is 1. The molecule has 0 aromatic heterocycles. The molecule has 2 amide bonds. The van der Waals surface area contributed by atoms with Gasteiger partial charge in [0.1, 0.15) is 6.54 Å². The van der Waals surface area contributed by atoms with Gasteiger partial charge < -0.3 is 4.74 Å². The van der Waals surface area contributed by atoms with Crippen molar-refractivity contribution in [1.29, 1.82) is 0 Å². The molecule has 0 N–H and O–H groups in total. The van der Waals surface area contributed by atoms with Gasteiger partial charge in [0.2, 0.25) is 11.8 Å². The average Bonchev–Trinajstić information content (AvgIpc) is 2.97. The van der Waals surface area contributed by atoms with Crippen LogP contribution in [0.25, 0.3) is 0 Å². The molecule has 6 nitrogen and oxygen atoms in total. The van der Waals surface area contributed by atoms with E-state index in [1.165, 1.54) is 17.5 Å². The first-order valence-corrected chi connectivity index (χ1v) is 10.2. The summed E-state index contributed by atoms with van der Waals surface area (Å²) in [5, 5.41) is 0. The summed E-state index contributed by atoms with van der Waals surface area (Å²) < 4.78 is 5.08. The van der Waals surface area contributed by atoms with E-state index in [1.54, 1.807) is 6.07 Å². The molecule has 2 fully saturated rings. The van der Waals surface area contributed by atoms with Gasteiger partial charge in [0, 0.05) is 5.56 Å². The van der Waals surface area contributed by atoms with Crippen LogP contribution in [0.4, 0.5) is 0 Å². The third-order valence-corrected chi connectivity index (χ3v) is 6.25. The molecular weight excluding hydrogens is 358 g/mol. The van der Waals surface area contributed by atoms with Crippen LogP contribution in [0.1, 0.15) is 60.0 Å². The lowest BCUT2D eigenvalue weighted by molar-refractivity contribution is -0.152. The summed E-state index contributed by atoms with van der Waals surface area (Å²) in [7, 11) is 0. The van der Waals surface area contributed by atoms with Crippen molar-refractivity contribution >= 4 is 23.6 Å². The molecule has 1 heterocycles. The summed E-state index contributed by atoms with van der Waals surface area (Å²) in [4.78, 5) is 50.4. The van der Waals surface area contributed by atoms with Crippen molar-refractivity contribution in [2.45, 2.75) is 51.4 Å². The Bertz CT molecular complexity index is 806. The molecule has 28 heavy (non-hydrogen) atoms. The van der Waals surface area contributed by atoms with Crippen molar-refractivity contribution in [3.8, 4) is 0 Å². The van der Waals surface area contributed by atoms with Crippen LogP contribution in [-0.2, 0) is 32.0 Å². The molecule has 148 valence electrons. The Kier molecular flexibility index (Phi) is 5.29. The number of esters is 1. The van der Waals surface area contributed by atoms with Crippen molar-refractivity contribution in [1.82, 2.24) is 4.90 Å². The minimum absolute atomic E-state index is 0.269. The third kappa shape index (κ3) is 3.60. The average molecular weight is 383 g/mol. The van der Waals surface area contributed by atoms with Gasteiger partial charge in [-0.05, 0) is 55.7 Å². The summed E-state index contributed by atoms with van der Waals surface area (Å²) in [5.74, 6) is -2.10. The predicted octanol–water partition coefficient (Wildman–Crippen LogP) is 2.47. The number of carbonyl (C=O) groups excluding carboxylic acids is 4. The summed E-state index contributed by atoms with van der Waals surface area (Å²) in [6.45, 7) is -0.775. The predicted molar refractivity (Wildman–Crippen MR) is 101 cm³/mol. The number of ketones is 1. The van der Waals surface area contributed by atoms with Crippen molar-refractivity contribution in [2.24, 2.45) is 11.8 Å². The molecule has 2 aliphatic carbocycles. The lowest BCUT2D eigenvalue weighted by Crippen LogP contribution is -2.37. The Morgan fingerprint density at radius 3 is 2.25 bits per heavy atom. The van der Waals surface area contributed by atoms with Crippen molar-refractivity contribution < 1.29 is 23.9 Å². The zero-order valence-corrected chi connectivity index (χ0v) is 15.9. The van der Waals surface area contributed by atoms with Gasteiger partial charge in [0.05, 0.1) is 11.8 Å². The van der Waals surface area contributed by atoms with Crippen LogP contribution in [0.15, 0.2) is 18.2 Å². The second-order valence-corrected chi connectivity index (χ2v) is 8.03. The molecule has 0 spiro atoms. The maximum absolute atomic E-state index is 12.4. The second kappa shape index (κ2) is 7.86. The van der Waals surface area contributed by atoms with E-state index in [0.717, 1.165) is 37.0 Å². The first kappa shape index (κ1) is 18.8. The lowest BCUT2D eigenvalue weighted by atomic mass is 9.81. The number of hydrogen-bond donors (Lipinski definition) is 0. The molecule has 0 radical (unpaired) electrons. The number of carbonyl (C=O) groups is 4. The SMILES string of the molecule is O=C(CN1C(=O)C2CCCCC2C1=O)OCC(=O)c1ccc2c(c1)CCCC2. The van der Waals surface area contributed by atoms with Crippen LogP contribution >= 0.6 is 0 Å². The smallest absolute Gasteiger partial charge is 0.326 e. The minimum atomic E-state index is -0.716. The Morgan fingerprint density at radius 2 is 1.57 bits per heavy atom. The van der Waals surface area contributed by atoms with Crippen LogP contribution in [0.5, 0.6) is 0 Å². The largest absolute Gasteiger partial charge is 0.456 e. The zero-order chi connectivity index (χ0) is 19.7. The summed E-state index contributed by atoms with van der Waals surface area (Å²) >= 11 is 0. The minimum Gasteiger partial charge on any atom is -0.456 e. The van der Waals surface area contributed by atoms with E-state index in [9.17, 15) is 19.2 Å². The van der Waals surface area contributed by atoms with Crippen molar-refractivity contribution in [3.05, 3.63) is 34.9 Å². The van der Waals surface area contributed by atoms with Gasteiger partial charge in [0.25, 0.3) is 0 Å². The summed E-state index contributed by atoms with van der Waals surface area (Å²) in [6, 6.07) is 5.65. The van der Waals surface area contributed by atoms with Crippen LogP contribution in [0, 0.1) is 11.8 Å². The molecule has 1 saturated heterocycles. The van der Waals surface area contributed by atoms with Gasteiger partial charge in [0.15, 0.2) is 12.4 Å². The Labute approximate surface area is 164 Å². The van der Waals surface area contributed by atoms with E-state index in [-0.39, 0.29) is 36.0 Å². The van der Waals surface area contributed by atoms with Gasteiger partial charge in [-0.15, -0.1) is 0 Å². The molecular formula is C22H25NO5. The van der Waals surface area contributed by atoms with Crippen LogP contribution < -0.4 is 0 Å². The second-order valence-electron chi connectivity index (χ2n) is 8.03. The number of Topliss-reactive ketones (excluding diaryl/α,β-unsaturated/α-hetero) is 1. The molecule has 3 aliphatic rings. The maximum atomic E-state index is 12.4. The Morgan fingerprint density at radius 1 is 0.929 bits per heavy atom. The number of ether oxygens (including phenoxy) is 1. The van der Waals surface area contributed by atoms with Gasteiger partial charge in [-0.2, -0.15) is 0 Å². The van der Waals surface area contributed by atoms with E-state index in [4.69, 9.17) is 4.74 Å².